The Bertz CT molecular complexity index is 1070. The van der Waals surface area contributed by atoms with Crippen LogP contribution in [-0.2, 0) is 15.1 Å². The Kier molecular flexibility index (Phi) is 6.71. The number of rotatable bonds is 7. The first kappa shape index (κ1) is 23.5. The number of amides is 4. The quantitative estimate of drug-likeness (QED) is 0.586. The van der Waals surface area contributed by atoms with Gasteiger partial charge in [0.05, 0.1) is 21.3 Å². The van der Waals surface area contributed by atoms with Crippen molar-refractivity contribution >= 4 is 46.7 Å². The monoisotopic (exact) mass is 481 g/mol. The van der Waals surface area contributed by atoms with Crippen molar-refractivity contribution in [3.8, 4) is 17.2 Å². The molecule has 32 heavy (non-hydrogen) atoms. The molecule has 0 bridgehead atoms. The highest BCUT2D eigenvalue weighted by Gasteiger charge is 2.50. The van der Waals surface area contributed by atoms with E-state index in [1.807, 2.05) is 0 Å². The predicted molar refractivity (Wildman–Crippen MR) is 119 cm³/mol. The molecule has 1 fully saturated rings. The molecule has 1 saturated heterocycles. The smallest absolute Gasteiger partial charge is 0.325 e. The Morgan fingerprint density at radius 2 is 1.69 bits per heavy atom. The number of methoxy groups -OCH3 is 3. The zero-order chi connectivity index (χ0) is 23.6. The van der Waals surface area contributed by atoms with Crippen molar-refractivity contribution in [2.75, 3.05) is 33.2 Å². The van der Waals surface area contributed by atoms with Crippen LogP contribution in [0.1, 0.15) is 12.5 Å². The second-order valence-corrected chi connectivity index (χ2v) is 7.88. The summed E-state index contributed by atoms with van der Waals surface area (Å²) in [5.74, 6) is -0.192. The number of anilines is 1. The summed E-state index contributed by atoms with van der Waals surface area (Å²) in [4.78, 5) is 39.0. The largest absolute Gasteiger partial charge is 0.493 e. The summed E-state index contributed by atoms with van der Waals surface area (Å²) in [6.07, 6.45) is 0. The van der Waals surface area contributed by atoms with E-state index in [0.29, 0.717) is 33.5 Å². The standard InChI is InChI=1S/C21H21Cl2N3O6/c1-21(13-6-5-11(22)7-14(13)23)19(28)26(20(29)25-21)10-17(27)24-12-8-15(30-2)18(32-4)16(9-12)31-3/h5-9H,10H2,1-4H3,(H,24,27)(H,25,29). The van der Waals surface area contributed by atoms with Crippen LogP contribution >= 0.6 is 23.2 Å². The lowest BCUT2D eigenvalue weighted by Gasteiger charge is -2.23. The maximum atomic E-state index is 13.1. The summed E-state index contributed by atoms with van der Waals surface area (Å²) in [5.41, 5.74) is -0.736. The molecule has 1 atom stereocenters. The second kappa shape index (κ2) is 9.13. The van der Waals surface area contributed by atoms with Crippen LogP contribution in [-0.4, -0.2) is 50.6 Å². The van der Waals surface area contributed by atoms with Crippen LogP contribution in [0, 0.1) is 0 Å². The molecule has 170 valence electrons. The summed E-state index contributed by atoms with van der Waals surface area (Å²) >= 11 is 12.2. The molecule has 9 nitrogen and oxygen atoms in total. The van der Waals surface area contributed by atoms with Crippen LogP contribution in [0.15, 0.2) is 30.3 Å². The van der Waals surface area contributed by atoms with Gasteiger partial charge in [0.2, 0.25) is 11.7 Å². The minimum Gasteiger partial charge on any atom is -0.493 e. The lowest BCUT2D eigenvalue weighted by molar-refractivity contribution is -0.133. The van der Waals surface area contributed by atoms with Gasteiger partial charge in [-0.25, -0.2) is 4.79 Å². The van der Waals surface area contributed by atoms with Gasteiger partial charge < -0.3 is 24.8 Å². The van der Waals surface area contributed by atoms with Crippen molar-refractivity contribution in [2.45, 2.75) is 12.5 Å². The van der Waals surface area contributed by atoms with E-state index in [1.54, 1.807) is 12.1 Å². The molecule has 0 saturated carbocycles. The van der Waals surface area contributed by atoms with E-state index in [4.69, 9.17) is 37.4 Å². The SMILES string of the molecule is COc1cc(NC(=O)CN2C(=O)NC(C)(c3ccc(Cl)cc3Cl)C2=O)cc(OC)c1OC. The molecule has 2 aromatic carbocycles. The van der Waals surface area contributed by atoms with Crippen molar-refractivity contribution in [3.05, 3.63) is 45.9 Å². The summed E-state index contributed by atoms with van der Waals surface area (Å²) in [5, 5.41) is 5.83. The summed E-state index contributed by atoms with van der Waals surface area (Å²) in [6.45, 7) is 1.00. The molecular weight excluding hydrogens is 461 g/mol. The van der Waals surface area contributed by atoms with Gasteiger partial charge in [0.1, 0.15) is 12.1 Å². The van der Waals surface area contributed by atoms with Crippen LogP contribution in [0.5, 0.6) is 17.2 Å². The fourth-order valence-electron chi connectivity index (χ4n) is 3.42. The molecule has 0 radical (unpaired) electrons. The van der Waals surface area contributed by atoms with E-state index in [0.717, 1.165) is 4.90 Å². The Hall–Kier alpha value is -3.17. The molecule has 3 rings (SSSR count). The maximum absolute atomic E-state index is 13.1. The highest BCUT2D eigenvalue weighted by molar-refractivity contribution is 6.35. The van der Waals surface area contributed by atoms with Gasteiger partial charge in [0.25, 0.3) is 5.91 Å². The van der Waals surface area contributed by atoms with Crippen LogP contribution < -0.4 is 24.8 Å². The molecule has 4 amide bonds. The molecule has 2 aromatic rings. The third kappa shape index (κ3) is 4.26. The number of imide groups is 1. The molecule has 2 N–H and O–H groups in total. The van der Waals surface area contributed by atoms with Crippen LogP contribution in [0.3, 0.4) is 0 Å². The van der Waals surface area contributed by atoms with Gasteiger partial charge in [-0.15, -0.1) is 0 Å². The van der Waals surface area contributed by atoms with Gasteiger partial charge in [0.15, 0.2) is 11.5 Å². The number of urea groups is 1. The van der Waals surface area contributed by atoms with Crippen molar-refractivity contribution in [2.24, 2.45) is 0 Å². The lowest BCUT2D eigenvalue weighted by atomic mass is 9.92. The van der Waals surface area contributed by atoms with Crippen molar-refractivity contribution < 1.29 is 28.6 Å². The minimum atomic E-state index is -1.44. The third-order valence-electron chi connectivity index (χ3n) is 4.99. The molecule has 11 heteroatoms. The van der Waals surface area contributed by atoms with Crippen molar-refractivity contribution in [1.29, 1.82) is 0 Å². The topological polar surface area (TPSA) is 106 Å². The van der Waals surface area contributed by atoms with Crippen LogP contribution in [0.25, 0.3) is 0 Å². The first-order valence-corrected chi connectivity index (χ1v) is 10.1. The Balaban J connectivity index is 1.80. The number of carbonyl (C=O) groups excluding carboxylic acids is 3. The molecule has 1 heterocycles. The highest BCUT2D eigenvalue weighted by atomic mass is 35.5. The van der Waals surface area contributed by atoms with Crippen LogP contribution in [0.4, 0.5) is 10.5 Å². The fraction of sp³-hybridized carbons (Fsp3) is 0.286. The normalized spacial score (nSPS) is 17.8. The first-order valence-electron chi connectivity index (χ1n) is 9.34. The van der Waals surface area contributed by atoms with E-state index in [-0.39, 0.29) is 5.02 Å². The fourth-order valence-corrected chi connectivity index (χ4v) is 4.01. The number of hydrogen-bond donors (Lipinski definition) is 2. The summed E-state index contributed by atoms with van der Waals surface area (Å²) in [6, 6.07) is 6.94. The zero-order valence-electron chi connectivity index (χ0n) is 17.7. The minimum absolute atomic E-state index is 0.220. The molecule has 1 aliphatic rings. The average Bonchev–Trinajstić information content (AvgIpc) is 2.96. The predicted octanol–water partition coefficient (Wildman–Crippen LogP) is 3.42. The Morgan fingerprint density at radius 3 is 2.22 bits per heavy atom. The number of ether oxygens (including phenoxy) is 3. The summed E-state index contributed by atoms with van der Waals surface area (Å²) < 4.78 is 15.8. The number of benzene rings is 2. The second-order valence-electron chi connectivity index (χ2n) is 7.03. The molecule has 0 aromatic heterocycles. The van der Waals surface area contributed by atoms with Gasteiger partial charge in [-0.1, -0.05) is 29.3 Å². The van der Waals surface area contributed by atoms with Gasteiger partial charge in [-0.3, -0.25) is 14.5 Å². The number of nitrogens with zero attached hydrogens (tertiary/aromatic N) is 1. The number of halogens is 2. The van der Waals surface area contributed by atoms with Gasteiger partial charge in [0, 0.05) is 33.4 Å². The van der Waals surface area contributed by atoms with E-state index in [2.05, 4.69) is 10.6 Å². The molecule has 1 aliphatic heterocycles. The first-order chi connectivity index (χ1) is 15.1. The highest BCUT2D eigenvalue weighted by Crippen LogP contribution is 2.40. The van der Waals surface area contributed by atoms with E-state index >= 15 is 0 Å². The zero-order valence-corrected chi connectivity index (χ0v) is 19.3. The van der Waals surface area contributed by atoms with Gasteiger partial charge >= 0.3 is 6.03 Å². The maximum Gasteiger partial charge on any atom is 0.325 e. The van der Waals surface area contributed by atoms with Crippen molar-refractivity contribution in [3.63, 3.8) is 0 Å². The lowest BCUT2D eigenvalue weighted by Crippen LogP contribution is -2.42. The molecule has 1 unspecified atom stereocenters. The van der Waals surface area contributed by atoms with Gasteiger partial charge in [-0.2, -0.15) is 0 Å². The number of carbonyl (C=O) groups is 3. The van der Waals surface area contributed by atoms with Crippen molar-refractivity contribution in [1.82, 2.24) is 10.2 Å². The van der Waals surface area contributed by atoms with Crippen LogP contribution in [0.2, 0.25) is 10.0 Å². The number of hydrogen-bond acceptors (Lipinski definition) is 6. The van der Waals surface area contributed by atoms with Gasteiger partial charge in [-0.05, 0) is 19.1 Å². The Morgan fingerprint density at radius 1 is 1.06 bits per heavy atom. The summed E-state index contributed by atoms with van der Waals surface area (Å²) in [7, 11) is 4.35. The molecular formula is C21H21Cl2N3O6. The van der Waals surface area contributed by atoms with E-state index < -0.39 is 29.9 Å². The van der Waals surface area contributed by atoms with E-state index in [1.165, 1.54) is 46.5 Å². The Labute approximate surface area is 194 Å². The number of nitrogens with one attached hydrogen (secondary N) is 2. The molecule has 0 aliphatic carbocycles. The average molecular weight is 482 g/mol. The van der Waals surface area contributed by atoms with E-state index in [9.17, 15) is 14.4 Å². The molecule has 0 spiro atoms. The third-order valence-corrected chi connectivity index (χ3v) is 5.54.